The van der Waals surface area contributed by atoms with Crippen molar-refractivity contribution in [2.24, 2.45) is 20.5 Å². The molecule has 0 aliphatic carbocycles. The molecule has 2 unspecified atom stereocenters. The predicted molar refractivity (Wildman–Crippen MR) is 200 cm³/mol. The summed E-state index contributed by atoms with van der Waals surface area (Å²) in [5, 5.41) is 41.7. The summed E-state index contributed by atoms with van der Waals surface area (Å²) in [6, 6.07) is 14.9. The zero-order valence-electron chi connectivity index (χ0n) is 30.8. The smallest absolute Gasteiger partial charge is 0.744 e. The Morgan fingerprint density at radius 1 is 0.593 bits per heavy atom. The van der Waals surface area contributed by atoms with E-state index in [0.29, 0.717) is 23.5 Å². The first-order chi connectivity index (χ1) is 27.0. The van der Waals surface area contributed by atoms with Crippen LogP contribution in [0, 0.1) is 34.1 Å². The van der Waals surface area contributed by atoms with Gasteiger partial charge in [0.15, 0.2) is 22.9 Å². The summed E-state index contributed by atoms with van der Waals surface area (Å²) >= 11 is 0. The van der Waals surface area contributed by atoms with Gasteiger partial charge in [0.1, 0.15) is 20.2 Å². The second-order valence-electron chi connectivity index (χ2n) is 11.8. The van der Waals surface area contributed by atoms with Crippen molar-refractivity contribution in [3.63, 3.8) is 0 Å². The second-order valence-corrected chi connectivity index (χ2v) is 14.5. The molecular weight excluding hydrogens is 863 g/mol. The Kier molecular flexibility index (Phi) is 17.1. The number of nitrogens with one attached hydrogen (secondary N) is 2. The van der Waals surface area contributed by atoms with E-state index in [4.69, 9.17) is 0 Å². The van der Waals surface area contributed by atoms with Crippen molar-refractivity contribution in [2.45, 2.75) is 49.6 Å². The molecular formula is C34H30MnN8O14S2. The largest absolute Gasteiger partial charge is 2.00 e. The van der Waals surface area contributed by atoms with Crippen LogP contribution in [0.3, 0.4) is 0 Å². The van der Waals surface area contributed by atoms with E-state index in [-0.39, 0.29) is 17.1 Å². The first-order valence-corrected chi connectivity index (χ1v) is 18.9. The minimum Gasteiger partial charge on any atom is -0.744 e. The maximum Gasteiger partial charge on any atom is 2.00 e. The van der Waals surface area contributed by atoms with E-state index in [9.17, 15) is 65.3 Å². The van der Waals surface area contributed by atoms with Crippen molar-refractivity contribution < 1.29 is 72.0 Å². The summed E-state index contributed by atoms with van der Waals surface area (Å²) in [6.45, 7) is 5.69. The van der Waals surface area contributed by atoms with Crippen molar-refractivity contribution in [1.29, 1.82) is 0 Å². The third-order valence-corrected chi connectivity index (χ3v) is 9.16. The summed E-state index contributed by atoms with van der Waals surface area (Å²) < 4.78 is 66.2. The molecule has 4 aromatic carbocycles. The van der Waals surface area contributed by atoms with Crippen LogP contribution >= 0.6 is 0 Å². The number of rotatable bonds is 14. The molecule has 0 saturated carbocycles. The quantitative estimate of drug-likeness (QED) is 0.0421. The van der Waals surface area contributed by atoms with Gasteiger partial charge < -0.3 is 19.7 Å². The summed E-state index contributed by atoms with van der Waals surface area (Å²) in [5.41, 5.74) is -0.0746. The minimum atomic E-state index is -4.92. The average molecular weight is 894 g/mol. The average Bonchev–Trinajstić information content (AvgIpc) is 3.12. The van der Waals surface area contributed by atoms with Crippen molar-refractivity contribution in [2.75, 3.05) is 10.6 Å². The number of benzene rings is 4. The maximum absolute atomic E-state index is 12.4. The topological polar surface area (TPSA) is 342 Å². The van der Waals surface area contributed by atoms with Crippen LogP contribution in [0.1, 0.15) is 25.0 Å². The number of nitrogens with zero attached hydrogens (tertiary/aromatic N) is 6. The van der Waals surface area contributed by atoms with Gasteiger partial charge in [0.05, 0.1) is 19.6 Å². The fourth-order valence-corrected chi connectivity index (χ4v) is 5.47. The number of hydrogen-bond acceptors (Lipinski definition) is 18. The van der Waals surface area contributed by atoms with E-state index in [1.807, 2.05) is 0 Å². The number of nitro groups is 2. The van der Waals surface area contributed by atoms with Gasteiger partial charge in [-0.3, -0.25) is 39.4 Å². The zero-order valence-corrected chi connectivity index (χ0v) is 33.6. The number of anilines is 2. The van der Waals surface area contributed by atoms with Gasteiger partial charge in [0.2, 0.25) is 12.1 Å². The van der Waals surface area contributed by atoms with Crippen molar-refractivity contribution in [3.05, 3.63) is 116 Å². The second kappa shape index (κ2) is 20.8. The van der Waals surface area contributed by atoms with E-state index in [2.05, 4.69) is 31.1 Å². The minimum absolute atomic E-state index is 0. The molecule has 309 valence electrons. The first kappa shape index (κ1) is 48.6. The number of aryl methyl sites for hydroxylation is 2. The Bertz CT molecular complexity index is 2410. The molecule has 0 fully saturated rings. The SMILES string of the molecule is CC(=O)C(N=Nc1ccc(S(=O)(=O)[O-])cc1[N+](=O)[O-])C(=O)Nc1ccccc1C.CC(=O)C(N=Nc1ccc(S(=O)(=O)[O-])cc1[N+](=O)[O-])C(=O)Nc1ccccc1C.[Mn+2]. The van der Waals surface area contributed by atoms with Gasteiger partial charge in [0, 0.05) is 23.5 Å². The number of nitro benzene ring substituents is 2. The Morgan fingerprint density at radius 3 is 1.19 bits per heavy atom. The number of carbonyl (C=O) groups excluding carboxylic acids is 4. The maximum atomic E-state index is 12.4. The number of para-hydroxylation sites is 2. The van der Waals surface area contributed by atoms with Crippen LogP contribution < -0.4 is 10.6 Å². The molecule has 2 atom stereocenters. The third kappa shape index (κ3) is 13.8. The molecule has 4 rings (SSSR count). The summed E-state index contributed by atoms with van der Waals surface area (Å²) in [4.78, 5) is 67.2. The zero-order chi connectivity index (χ0) is 43.5. The van der Waals surface area contributed by atoms with Crippen LogP contribution in [0.5, 0.6) is 0 Å². The first-order valence-electron chi connectivity index (χ1n) is 16.1. The van der Waals surface area contributed by atoms with Crippen LogP contribution in [0.4, 0.5) is 34.1 Å². The summed E-state index contributed by atoms with van der Waals surface area (Å²) in [7, 11) is -9.83. The fourth-order valence-electron chi connectivity index (χ4n) is 4.48. The number of hydrogen-bond donors (Lipinski definition) is 2. The number of ketones is 2. The molecule has 0 aliphatic rings. The number of carbonyl (C=O) groups is 4. The van der Waals surface area contributed by atoms with Crippen molar-refractivity contribution in [3.8, 4) is 0 Å². The molecule has 1 radical (unpaired) electrons. The van der Waals surface area contributed by atoms with Crippen molar-refractivity contribution >= 4 is 77.7 Å². The third-order valence-electron chi connectivity index (χ3n) is 7.50. The van der Waals surface area contributed by atoms with Gasteiger partial charge in [0.25, 0.3) is 23.2 Å². The molecule has 0 saturated heterocycles. The molecule has 0 spiro atoms. The van der Waals surface area contributed by atoms with Gasteiger partial charge in [-0.1, -0.05) is 36.4 Å². The molecule has 0 bridgehead atoms. The van der Waals surface area contributed by atoms with Crippen LogP contribution in [0.25, 0.3) is 0 Å². The molecule has 0 aliphatic heterocycles. The van der Waals surface area contributed by atoms with Crippen LogP contribution in [-0.2, 0) is 56.5 Å². The van der Waals surface area contributed by atoms with Gasteiger partial charge >= 0.3 is 17.1 Å². The van der Waals surface area contributed by atoms with E-state index in [1.165, 1.54) is 0 Å². The molecule has 0 aromatic heterocycles. The fraction of sp³-hybridized carbons (Fsp3) is 0.176. The van der Waals surface area contributed by atoms with E-state index >= 15 is 0 Å². The van der Waals surface area contributed by atoms with Crippen LogP contribution in [-0.4, -0.2) is 71.3 Å². The Hall–Kier alpha value is -6.50. The number of Topliss-reactive ketones (excluding diaryl/α,β-unsaturated/α-hetero) is 2. The molecule has 59 heavy (non-hydrogen) atoms. The van der Waals surface area contributed by atoms with Crippen molar-refractivity contribution in [1.82, 2.24) is 0 Å². The normalized spacial score (nSPS) is 12.3. The Balaban J connectivity index is 0.000000400. The van der Waals surface area contributed by atoms with Gasteiger partial charge in [-0.05, 0) is 75.2 Å². The summed E-state index contributed by atoms with van der Waals surface area (Å²) in [6.07, 6.45) is 0. The van der Waals surface area contributed by atoms with E-state index in [1.54, 1.807) is 62.4 Å². The van der Waals surface area contributed by atoms with Gasteiger partial charge in [-0.2, -0.15) is 10.2 Å². The summed E-state index contributed by atoms with van der Waals surface area (Å²) in [5.74, 6) is -2.92. The molecule has 0 heterocycles. The van der Waals surface area contributed by atoms with E-state index in [0.717, 1.165) is 49.2 Å². The Morgan fingerprint density at radius 2 is 0.915 bits per heavy atom. The molecule has 25 heteroatoms. The Labute approximate surface area is 345 Å². The molecule has 22 nitrogen and oxygen atoms in total. The monoisotopic (exact) mass is 893 g/mol. The standard InChI is InChI=1S/2C17H16N4O7S.Mn/c2*1-10-5-3-4-6-13(10)18-17(23)16(11(2)22)20-19-14-8-7-12(29(26,27)28)9-15(14)21(24)25;/h2*3-9,16H,1-2H3,(H,18,23)(H,26,27,28);/q;;+2/p-2. The molecule has 4 aromatic rings. The van der Waals surface area contributed by atoms with E-state index < -0.39 is 98.1 Å². The number of amides is 2. The molecule has 2 N–H and O–H groups in total. The predicted octanol–water partition coefficient (Wildman–Crippen LogP) is 4.97. The van der Waals surface area contributed by atoms with Gasteiger partial charge in [-0.15, -0.1) is 10.2 Å². The molecule has 2 amide bonds. The van der Waals surface area contributed by atoms with Gasteiger partial charge in [-0.25, -0.2) is 16.8 Å². The number of azo groups is 2. The van der Waals surface area contributed by atoms with Crippen LogP contribution in [0.2, 0.25) is 0 Å². The van der Waals surface area contributed by atoms with Crippen LogP contribution in [0.15, 0.2) is 115 Å².